The molecule has 0 unspecified atom stereocenters. The Balaban J connectivity index is 2.82. The maximum absolute atomic E-state index is 12.8. The van der Waals surface area contributed by atoms with Crippen molar-refractivity contribution in [1.82, 2.24) is 0 Å². The first-order valence-electron chi connectivity index (χ1n) is 5.51. The van der Waals surface area contributed by atoms with Gasteiger partial charge in [0.1, 0.15) is 5.82 Å². The molecule has 0 amide bonds. The number of aliphatic hydroxyl groups is 2. The molecule has 1 rings (SSSR count). The molecule has 0 aliphatic rings. The van der Waals surface area contributed by atoms with Crippen molar-refractivity contribution in [3.63, 3.8) is 0 Å². The van der Waals surface area contributed by atoms with Crippen LogP contribution in [0.4, 0.5) is 17.6 Å². The third kappa shape index (κ3) is 4.67. The van der Waals surface area contributed by atoms with Crippen LogP contribution in [0.1, 0.15) is 12.0 Å². The first kappa shape index (κ1) is 16.3. The van der Waals surface area contributed by atoms with Crippen LogP contribution in [0.3, 0.4) is 0 Å². The van der Waals surface area contributed by atoms with Crippen molar-refractivity contribution in [3.05, 3.63) is 35.6 Å². The van der Waals surface area contributed by atoms with Gasteiger partial charge >= 0.3 is 5.51 Å². The van der Waals surface area contributed by atoms with Gasteiger partial charge in [-0.2, -0.15) is 13.2 Å². The number of halogens is 4. The zero-order valence-electron chi connectivity index (χ0n) is 9.95. The third-order valence-electron chi connectivity index (χ3n) is 2.91. The number of aliphatic hydroxyl groups excluding tert-OH is 2. The van der Waals surface area contributed by atoms with Gasteiger partial charge in [0.25, 0.3) is 0 Å². The summed E-state index contributed by atoms with van der Waals surface area (Å²) in [6, 6.07) is 5.01. The maximum Gasteiger partial charge on any atom is 0.441 e. The second-order valence-electron chi connectivity index (χ2n) is 4.15. The monoisotopic (exact) mass is 298 g/mol. The summed E-state index contributed by atoms with van der Waals surface area (Å²) < 4.78 is 49.1. The Morgan fingerprint density at radius 2 is 1.53 bits per heavy atom. The first-order chi connectivity index (χ1) is 8.83. The van der Waals surface area contributed by atoms with E-state index in [1.807, 2.05) is 0 Å². The maximum atomic E-state index is 12.8. The standard InChI is InChI=1S/C12H14F4O2S/c13-10-3-1-9(2-4-10)11(7-17,8-18)5-6-19-12(14,15)16/h1-4,17-18H,5-8H2. The minimum atomic E-state index is -4.35. The van der Waals surface area contributed by atoms with E-state index in [1.165, 1.54) is 12.1 Å². The van der Waals surface area contributed by atoms with Crippen LogP contribution in [0, 0.1) is 5.82 Å². The van der Waals surface area contributed by atoms with Crippen LogP contribution in [-0.2, 0) is 5.41 Å². The van der Waals surface area contributed by atoms with E-state index >= 15 is 0 Å². The minimum absolute atomic E-state index is 0.0597. The number of rotatable bonds is 6. The lowest BCUT2D eigenvalue weighted by Crippen LogP contribution is -2.35. The van der Waals surface area contributed by atoms with E-state index in [2.05, 4.69) is 0 Å². The summed E-state index contributed by atoms with van der Waals surface area (Å²) in [6.07, 6.45) is -0.0597. The Bertz CT molecular complexity index is 388. The van der Waals surface area contributed by atoms with E-state index in [4.69, 9.17) is 0 Å². The van der Waals surface area contributed by atoms with E-state index in [1.54, 1.807) is 0 Å². The Kier molecular flexibility index (Phi) is 5.64. The largest absolute Gasteiger partial charge is 0.441 e. The number of alkyl halides is 3. The molecule has 1 aromatic rings. The quantitative estimate of drug-likeness (QED) is 0.793. The molecule has 0 aliphatic heterocycles. The highest BCUT2D eigenvalue weighted by Gasteiger charge is 2.34. The Morgan fingerprint density at radius 1 is 1.00 bits per heavy atom. The topological polar surface area (TPSA) is 40.5 Å². The fourth-order valence-electron chi connectivity index (χ4n) is 1.70. The molecule has 0 aliphatic carbocycles. The summed E-state index contributed by atoms with van der Waals surface area (Å²) in [5, 5.41) is 18.8. The Labute approximate surface area is 112 Å². The molecule has 19 heavy (non-hydrogen) atoms. The predicted molar refractivity (Wildman–Crippen MR) is 65.4 cm³/mol. The van der Waals surface area contributed by atoms with Crippen molar-refractivity contribution in [2.75, 3.05) is 19.0 Å². The lowest BCUT2D eigenvalue weighted by molar-refractivity contribution is -0.0329. The highest BCUT2D eigenvalue weighted by Crippen LogP contribution is 2.35. The minimum Gasteiger partial charge on any atom is -0.395 e. The van der Waals surface area contributed by atoms with E-state index in [0.29, 0.717) is 5.56 Å². The molecule has 0 radical (unpaired) electrons. The van der Waals surface area contributed by atoms with Gasteiger partial charge in [-0.3, -0.25) is 0 Å². The SMILES string of the molecule is OCC(CO)(CCSC(F)(F)F)c1ccc(F)cc1. The summed E-state index contributed by atoms with van der Waals surface area (Å²) in [6.45, 7) is -1.01. The van der Waals surface area contributed by atoms with Crippen LogP contribution in [0.15, 0.2) is 24.3 Å². The van der Waals surface area contributed by atoms with Gasteiger partial charge in [0.15, 0.2) is 0 Å². The van der Waals surface area contributed by atoms with E-state index < -0.39 is 30.0 Å². The van der Waals surface area contributed by atoms with E-state index in [0.717, 1.165) is 12.1 Å². The molecular weight excluding hydrogens is 284 g/mol. The van der Waals surface area contributed by atoms with Crippen LogP contribution in [0.25, 0.3) is 0 Å². The smallest absolute Gasteiger partial charge is 0.395 e. The molecule has 0 saturated heterocycles. The summed E-state index contributed by atoms with van der Waals surface area (Å²) in [7, 11) is 0. The number of thioether (sulfide) groups is 1. The van der Waals surface area contributed by atoms with Gasteiger partial charge in [-0.15, -0.1) is 0 Å². The van der Waals surface area contributed by atoms with Crippen molar-refractivity contribution in [3.8, 4) is 0 Å². The summed E-state index contributed by atoms with van der Waals surface area (Å²) in [4.78, 5) is 0. The third-order valence-corrected chi connectivity index (χ3v) is 3.64. The molecule has 7 heteroatoms. The first-order valence-corrected chi connectivity index (χ1v) is 6.50. The van der Waals surface area contributed by atoms with Gasteiger partial charge in [-0.25, -0.2) is 4.39 Å². The fraction of sp³-hybridized carbons (Fsp3) is 0.500. The molecule has 108 valence electrons. The molecule has 2 N–H and O–H groups in total. The number of hydrogen-bond acceptors (Lipinski definition) is 3. The lowest BCUT2D eigenvalue weighted by atomic mass is 9.79. The zero-order valence-corrected chi connectivity index (χ0v) is 10.8. The zero-order chi connectivity index (χ0) is 14.5. The highest BCUT2D eigenvalue weighted by atomic mass is 32.2. The fourth-order valence-corrected chi connectivity index (χ4v) is 2.42. The lowest BCUT2D eigenvalue weighted by Gasteiger charge is -2.30. The van der Waals surface area contributed by atoms with Crippen molar-refractivity contribution >= 4 is 11.8 Å². The molecular formula is C12H14F4O2S. The predicted octanol–water partition coefficient (Wildman–Crippen LogP) is 2.69. The second kappa shape index (κ2) is 6.58. The molecule has 0 fully saturated rings. The van der Waals surface area contributed by atoms with Gasteiger partial charge in [0, 0.05) is 11.2 Å². The molecule has 0 saturated carbocycles. The summed E-state index contributed by atoms with van der Waals surface area (Å²) >= 11 is -0.207. The Hall–Kier alpha value is -0.790. The summed E-state index contributed by atoms with van der Waals surface area (Å²) in [5.74, 6) is -0.777. The average molecular weight is 298 g/mol. The molecule has 2 nitrogen and oxygen atoms in total. The molecule has 0 heterocycles. The van der Waals surface area contributed by atoms with Crippen molar-refractivity contribution in [2.45, 2.75) is 17.3 Å². The van der Waals surface area contributed by atoms with Gasteiger partial charge in [0.2, 0.25) is 0 Å². The van der Waals surface area contributed by atoms with Crippen LogP contribution in [0.5, 0.6) is 0 Å². The van der Waals surface area contributed by atoms with E-state index in [-0.39, 0.29) is 23.9 Å². The molecule has 0 spiro atoms. The van der Waals surface area contributed by atoms with Gasteiger partial charge in [0.05, 0.1) is 13.2 Å². The number of benzene rings is 1. The van der Waals surface area contributed by atoms with Gasteiger partial charge < -0.3 is 10.2 Å². The number of hydrogen-bond donors (Lipinski definition) is 2. The van der Waals surface area contributed by atoms with Crippen LogP contribution < -0.4 is 0 Å². The van der Waals surface area contributed by atoms with Gasteiger partial charge in [-0.1, -0.05) is 23.9 Å². The van der Waals surface area contributed by atoms with Crippen LogP contribution in [0.2, 0.25) is 0 Å². The van der Waals surface area contributed by atoms with E-state index in [9.17, 15) is 27.8 Å². The molecule has 0 aromatic heterocycles. The van der Waals surface area contributed by atoms with Crippen molar-refractivity contribution in [1.29, 1.82) is 0 Å². The molecule has 0 bridgehead atoms. The normalized spacial score (nSPS) is 12.7. The average Bonchev–Trinajstić information content (AvgIpc) is 2.35. The highest BCUT2D eigenvalue weighted by molar-refractivity contribution is 8.00. The van der Waals surface area contributed by atoms with Crippen LogP contribution in [-0.4, -0.2) is 34.7 Å². The molecule has 0 atom stereocenters. The van der Waals surface area contributed by atoms with Crippen molar-refractivity contribution in [2.24, 2.45) is 0 Å². The summed E-state index contributed by atoms with van der Waals surface area (Å²) in [5.41, 5.74) is -5.12. The molecule has 1 aromatic carbocycles. The van der Waals surface area contributed by atoms with Gasteiger partial charge in [-0.05, 0) is 24.1 Å². The Morgan fingerprint density at radius 3 is 1.95 bits per heavy atom. The van der Waals surface area contributed by atoms with Crippen molar-refractivity contribution < 1.29 is 27.8 Å². The second-order valence-corrected chi connectivity index (χ2v) is 5.31. The van der Waals surface area contributed by atoms with Crippen LogP contribution >= 0.6 is 11.8 Å².